The van der Waals surface area contributed by atoms with Crippen LogP contribution < -0.4 is 0 Å². The first-order chi connectivity index (χ1) is 12.7. The highest BCUT2D eigenvalue weighted by atomic mass is 16.6. The summed E-state index contributed by atoms with van der Waals surface area (Å²) >= 11 is 0. The summed E-state index contributed by atoms with van der Waals surface area (Å²) < 4.78 is 5.79. The molecule has 4 rings (SSSR count). The van der Waals surface area contributed by atoms with Gasteiger partial charge in [-0.05, 0) is 81.3 Å². The Balaban J connectivity index is 1.75. The molecule has 0 unspecified atom stereocenters. The van der Waals surface area contributed by atoms with Gasteiger partial charge in [0.25, 0.3) is 0 Å². The second-order valence-corrected chi connectivity index (χ2v) is 9.38. The molecule has 0 N–H and O–H groups in total. The molecule has 0 aromatic rings. The summed E-state index contributed by atoms with van der Waals surface area (Å²) in [5.74, 6) is 1.61. The third-order valence-electron chi connectivity index (χ3n) is 8.22. The van der Waals surface area contributed by atoms with Crippen molar-refractivity contribution in [2.45, 2.75) is 71.8 Å². The molecular weight excluding hydrogens is 340 g/mol. The molecule has 4 aliphatic carbocycles. The van der Waals surface area contributed by atoms with Crippen LogP contribution in [0.5, 0.6) is 0 Å². The van der Waals surface area contributed by atoms with Crippen LogP contribution in [0.15, 0.2) is 23.3 Å². The molecule has 2 saturated carbocycles. The number of esters is 1. The lowest BCUT2D eigenvalue weighted by molar-refractivity contribution is -0.184. The molecular formula is C23H30O4. The highest BCUT2D eigenvalue weighted by Crippen LogP contribution is 2.65. The van der Waals surface area contributed by atoms with Gasteiger partial charge in [-0.25, -0.2) is 0 Å². The minimum Gasteiger partial charge on any atom is -0.451 e. The summed E-state index contributed by atoms with van der Waals surface area (Å²) in [5, 5.41) is 0. The van der Waals surface area contributed by atoms with E-state index in [2.05, 4.69) is 19.9 Å². The molecule has 0 aromatic heterocycles. The minimum atomic E-state index is -0.977. The Morgan fingerprint density at radius 2 is 1.89 bits per heavy atom. The minimum absolute atomic E-state index is 0.0125. The quantitative estimate of drug-likeness (QED) is 0.684. The molecule has 4 heteroatoms. The average Bonchev–Trinajstić information content (AvgIpc) is 2.89. The van der Waals surface area contributed by atoms with Crippen LogP contribution in [0.25, 0.3) is 0 Å². The van der Waals surface area contributed by atoms with Gasteiger partial charge in [-0.2, -0.15) is 0 Å². The van der Waals surface area contributed by atoms with Crippen LogP contribution in [0, 0.1) is 29.1 Å². The van der Waals surface area contributed by atoms with Crippen LogP contribution in [0.2, 0.25) is 0 Å². The summed E-state index contributed by atoms with van der Waals surface area (Å²) in [5.41, 5.74) is 1.18. The molecule has 2 fully saturated rings. The Morgan fingerprint density at radius 3 is 2.56 bits per heavy atom. The van der Waals surface area contributed by atoms with Crippen LogP contribution in [0.1, 0.15) is 66.2 Å². The lowest BCUT2D eigenvalue weighted by atomic mass is 9.51. The van der Waals surface area contributed by atoms with Gasteiger partial charge in [0.1, 0.15) is 0 Å². The Morgan fingerprint density at radius 1 is 1.15 bits per heavy atom. The number of allylic oxidation sites excluding steroid dienone is 4. The summed E-state index contributed by atoms with van der Waals surface area (Å²) in [7, 11) is 0. The molecule has 0 aliphatic heterocycles. The van der Waals surface area contributed by atoms with Crippen LogP contribution in [0.4, 0.5) is 0 Å². The number of rotatable bonds is 2. The van der Waals surface area contributed by atoms with Crippen LogP contribution in [-0.4, -0.2) is 23.1 Å². The van der Waals surface area contributed by atoms with Gasteiger partial charge in [0.2, 0.25) is 0 Å². The number of ether oxygens (including phenoxy) is 1. The highest BCUT2D eigenvalue weighted by molar-refractivity contribution is 5.92. The summed E-state index contributed by atoms with van der Waals surface area (Å²) in [4.78, 5) is 36.5. The van der Waals surface area contributed by atoms with Gasteiger partial charge in [-0.1, -0.05) is 18.6 Å². The van der Waals surface area contributed by atoms with Crippen molar-refractivity contribution in [3.8, 4) is 0 Å². The first-order valence-electron chi connectivity index (χ1n) is 10.3. The van der Waals surface area contributed by atoms with Gasteiger partial charge in [0, 0.05) is 18.8 Å². The van der Waals surface area contributed by atoms with E-state index in [1.165, 1.54) is 18.1 Å². The molecule has 0 bridgehead atoms. The molecule has 6 atom stereocenters. The van der Waals surface area contributed by atoms with E-state index in [9.17, 15) is 14.4 Å². The van der Waals surface area contributed by atoms with Gasteiger partial charge in [-0.3, -0.25) is 14.4 Å². The molecule has 0 saturated heterocycles. The standard InChI is InChI=1S/C23H30O4/c1-13-11-20-18(17-6-5-16(26)12-19(13)17)7-9-22(4)21(20)8-10-23(22,14(2)24)27-15(3)25/h11-12,17-18,20-21H,5-10H2,1-4H3/t17-,18-,20-,21+,22+,23-/m1/s1. The number of hydrogen-bond donors (Lipinski definition) is 0. The van der Waals surface area contributed by atoms with E-state index in [1.807, 2.05) is 6.08 Å². The SMILES string of the molecule is CC(=O)O[C@@]1(C(C)=O)CC[C@H]2[C@@H]3C=C(C)C4=CC(=O)CC[C@@H]4[C@H]3CC[C@@]21C. The number of Topliss-reactive ketones (excluding diaryl/α,β-unsaturated/α-hetero) is 1. The van der Waals surface area contributed by atoms with Gasteiger partial charge in [-0.15, -0.1) is 0 Å². The fourth-order valence-corrected chi connectivity index (χ4v) is 7.04. The normalized spacial score (nSPS) is 43.0. The summed E-state index contributed by atoms with van der Waals surface area (Å²) in [6.07, 6.45) is 9.29. The summed E-state index contributed by atoms with van der Waals surface area (Å²) in [6.45, 7) is 7.29. The maximum atomic E-state index is 12.7. The topological polar surface area (TPSA) is 60.4 Å². The van der Waals surface area contributed by atoms with Crippen molar-refractivity contribution >= 4 is 17.5 Å². The molecule has 0 amide bonds. The lowest BCUT2D eigenvalue weighted by Crippen LogP contribution is -2.57. The smallest absolute Gasteiger partial charge is 0.303 e. The molecule has 146 valence electrons. The van der Waals surface area contributed by atoms with Gasteiger partial charge in [0.05, 0.1) is 0 Å². The Labute approximate surface area is 161 Å². The van der Waals surface area contributed by atoms with Crippen molar-refractivity contribution in [2.24, 2.45) is 29.1 Å². The van der Waals surface area contributed by atoms with E-state index in [-0.39, 0.29) is 23.0 Å². The number of hydrogen-bond acceptors (Lipinski definition) is 4. The molecule has 0 heterocycles. The van der Waals surface area contributed by atoms with E-state index < -0.39 is 5.60 Å². The van der Waals surface area contributed by atoms with Crippen molar-refractivity contribution < 1.29 is 19.1 Å². The number of ketones is 2. The second kappa shape index (κ2) is 6.15. The van der Waals surface area contributed by atoms with Crippen molar-refractivity contribution in [3.05, 3.63) is 23.3 Å². The van der Waals surface area contributed by atoms with E-state index in [1.54, 1.807) is 6.92 Å². The maximum absolute atomic E-state index is 12.7. The van der Waals surface area contributed by atoms with E-state index in [0.29, 0.717) is 36.5 Å². The third-order valence-corrected chi connectivity index (χ3v) is 8.22. The molecule has 0 spiro atoms. The fourth-order valence-electron chi connectivity index (χ4n) is 7.04. The Bertz CT molecular complexity index is 775. The number of carbonyl (C=O) groups is 3. The van der Waals surface area contributed by atoms with E-state index in [4.69, 9.17) is 4.74 Å². The Hall–Kier alpha value is -1.71. The molecule has 4 aliphatic rings. The monoisotopic (exact) mass is 370 g/mol. The van der Waals surface area contributed by atoms with E-state index in [0.717, 1.165) is 25.7 Å². The van der Waals surface area contributed by atoms with Crippen molar-refractivity contribution in [3.63, 3.8) is 0 Å². The first kappa shape index (κ1) is 18.6. The van der Waals surface area contributed by atoms with Crippen LogP contribution >= 0.6 is 0 Å². The van der Waals surface area contributed by atoms with Crippen LogP contribution in [0.3, 0.4) is 0 Å². The predicted octanol–water partition coefficient (Wildman–Crippen LogP) is 4.19. The average molecular weight is 370 g/mol. The zero-order valence-corrected chi connectivity index (χ0v) is 16.8. The fraction of sp³-hybridized carbons (Fsp3) is 0.696. The highest BCUT2D eigenvalue weighted by Gasteiger charge is 2.66. The maximum Gasteiger partial charge on any atom is 0.303 e. The van der Waals surface area contributed by atoms with Crippen LogP contribution in [-0.2, 0) is 19.1 Å². The largest absolute Gasteiger partial charge is 0.451 e. The molecule has 0 radical (unpaired) electrons. The van der Waals surface area contributed by atoms with E-state index >= 15 is 0 Å². The second-order valence-electron chi connectivity index (χ2n) is 9.38. The van der Waals surface area contributed by atoms with Crippen molar-refractivity contribution in [1.82, 2.24) is 0 Å². The predicted molar refractivity (Wildman–Crippen MR) is 102 cm³/mol. The van der Waals surface area contributed by atoms with Gasteiger partial charge >= 0.3 is 5.97 Å². The van der Waals surface area contributed by atoms with Gasteiger partial charge in [0.15, 0.2) is 17.2 Å². The number of fused-ring (bicyclic) bond motifs is 5. The lowest BCUT2D eigenvalue weighted by Gasteiger charge is -2.54. The third kappa shape index (κ3) is 2.51. The zero-order valence-electron chi connectivity index (χ0n) is 16.8. The zero-order chi connectivity index (χ0) is 19.6. The molecule has 27 heavy (non-hydrogen) atoms. The number of carbonyl (C=O) groups excluding carboxylic acids is 3. The first-order valence-corrected chi connectivity index (χ1v) is 10.3. The van der Waals surface area contributed by atoms with Crippen molar-refractivity contribution in [1.29, 1.82) is 0 Å². The Kier molecular flexibility index (Phi) is 4.25. The summed E-state index contributed by atoms with van der Waals surface area (Å²) in [6, 6.07) is 0. The molecule has 4 nitrogen and oxygen atoms in total. The van der Waals surface area contributed by atoms with Gasteiger partial charge < -0.3 is 4.74 Å². The molecule has 0 aromatic carbocycles. The van der Waals surface area contributed by atoms with Crippen molar-refractivity contribution in [2.75, 3.05) is 0 Å².